The normalized spacial score (nSPS) is 10.7. The number of aliphatic carboxylic acids is 1. The van der Waals surface area contributed by atoms with Crippen LogP contribution in [0.2, 0.25) is 0 Å². The topological polar surface area (TPSA) is 57.6 Å². The maximum atomic E-state index is 12.7. The number of hydrogen-bond acceptors (Lipinski definition) is 2. The van der Waals surface area contributed by atoms with Crippen LogP contribution < -0.4 is 0 Å². The molecule has 0 unspecified atom stereocenters. The van der Waals surface area contributed by atoms with Crippen LogP contribution in [-0.2, 0) is 9.59 Å². The van der Waals surface area contributed by atoms with Crippen molar-refractivity contribution in [3.63, 3.8) is 0 Å². The lowest BCUT2D eigenvalue weighted by Gasteiger charge is -2.19. The number of carbonyl (C=O) groups is 2. The Morgan fingerprint density at radius 2 is 1.90 bits per heavy atom. The van der Waals surface area contributed by atoms with Gasteiger partial charge in [0.05, 0.1) is 6.42 Å². The molecule has 0 saturated carbocycles. The van der Waals surface area contributed by atoms with Gasteiger partial charge in [-0.15, -0.1) is 0 Å². The van der Waals surface area contributed by atoms with Crippen LogP contribution in [0, 0.1) is 5.82 Å². The number of rotatable bonds is 7. The van der Waals surface area contributed by atoms with E-state index in [0.717, 1.165) is 12.0 Å². The molecule has 0 radical (unpaired) electrons. The van der Waals surface area contributed by atoms with Gasteiger partial charge in [0.1, 0.15) is 5.82 Å². The van der Waals surface area contributed by atoms with Gasteiger partial charge in [-0.1, -0.05) is 19.1 Å². The van der Waals surface area contributed by atoms with Gasteiger partial charge >= 0.3 is 5.97 Å². The molecule has 1 N–H and O–H groups in total. The number of benzene rings is 1. The highest BCUT2D eigenvalue weighted by Gasteiger charge is 2.11. The Labute approximate surface area is 117 Å². The van der Waals surface area contributed by atoms with Crippen LogP contribution in [0.5, 0.6) is 0 Å². The van der Waals surface area contributed by atoms with Crippen molar-refractivity contribution in [3.8, 4) is 0 Å². The highest BCUT2D eigenvalue weighted by Crippen LogP contribution is 2.06. The zero-order valence-electron chi connectivity index (χ0n) is 11.4. The third-order valence-corrected chi connectivity index (χ3v) is 2.69. The van der Waals surface area contributed by atoms with Gasteiger partial charge in [0.2, 0.25) is 5.91 Å². The van der Waals surface area contributed by atoms with Crippen molar-refractivity contribution in [1.82, 2.24) is 4.90 Å². The van der Waals surface area contributed by atoms with Crippen molar-refractivity contribution in [1.29, 1.82) is 0 Å². The molecule has 0 atom stereocenters. The number of carbonyl (C=O) groups excluding carboxylic acids is 1. The average molecular weight is 279 g/mol. The molecule has 1 aromatic rings. The molecule has 0 fully saturated rings. The van der Waals surface area contributed by atoms with Crippen LogP contribution in [0.1, 0.15) is 25.3 Å². The number of halogens is 1. The summed E-state index contributed by atoms with van der Waals surface area (Å²) in [6.45, 7) is 2.63. The lowest BCUT2D eigenvalue weighted by Crippen LogP contribution is -2.32. The first kappa shape index (κ1) is 15.9. The maximum Gasteiger partial charge on any atom is 0.305 e. The van der Waals surface area contributed by atoms with Crippen LogP contribution in [-0.4, -0.2) is 35.0 Å². The predicted octanol–water partition coefficient (Wildman–Crippen LogP) is 2.55. The number of nitrogens with zero attached hydrogens (tertiary/aromatic N) is 1. The molecule has 5 heteroatoms. The summed E-state index contributed by atoms with van der Waals surface area (Å²) in [4.78, 5) is 24.0. The number of hydrogen-bond donors (Lipinski definition) is 1. The maximum absolute atomic E-state index is 12.7. The lowest BCUT2D eigenvalue weighted by molar-refractivity contribution is -0.138. The number of amides is 1. The molecule has 0 aromatic heterocycles. The molecule has 20 heavy (non-hydrogen) atoms. The predicted molar refractivity (Wildman–Crippen MR) is 74.6 cm³/mol. The van der Waals surface area contributed by atoms with Crippen LogP contribution in [0.25, 0.3) is 6.08 Å². The molecule has 4 nitrogen and oxygen atoms in total. The Kier molecular flexibility index (Phi) is 6.43. The summed E-state index contributed by atoms with van der Waals surface area (Å²) in [5, 5.41) is 8.65. The Morgan fingerprint density at radius 3 is 2.45 bits per heavy atom. The van der Waals surface area contributed by atoms with E-state index in [-0.39, 0.29) is 24.7 Å². The molecular formula is C15H18FNO3. The number of carboxylic acid groups (broad SMARTS) is 1. The SMILES string of the molecule is CCCN(CCC(=O)O)C(=O)/C=C/c1ccc(F)cc1. The van der Waals surface area contributed by atoms with Crippen molar-refractivity contribution >= 4 is 18.0 Å². The van der Waals surface area contributed by atoms with E-state index in [1.165, 1.54) is 23.1 Å². The van der Waals surface area contributed by atoms with Gasteiger partial charge in [0.15, 0.2) is 0 Å². The zero-order valence-corrected chi connectivity index (χ0v) is 11.4. The highest BCUT2D eigenvalue weighted by molar-refractivity contribution is 5.92. The van der Waals surface area contributed by atoms with Crippen molar-refractivity contribution in [2.24, 2.45) is 0 Å². The first-order valence-electron chi connectivity index (χ1n) is 6.47. The van der Waals surface area contributed by atoms with E-state index in [1.54, 1.807) is 18.2 Å². The molecule has 108 valence electrons. The zero-order chi connectivity index (χ0) is 15.0. The molecule has 0 spiro atoms. The van der Waals surface area contributed by atoms with E-state index >= 15 is 0 Å². The first-order valence-corrected chi connectivity index (χ1v) is 6.47. The lowest BCUT2D eigenvalue weighted by atomic mass is 10.2. The standard InChI is InChI=1S/C15H18FNO3/c1-2-10-17(11-9-15(19)20)14(18)8-5-12-3-6-13(16)7-4-12/h3-8H,2,9-11H2,1H3,(H,19,20)/b8-5+. The largest absolute Gasteiger partial charge is 0.481 e. The molecule has 1 rings (SSSR count). The summed E-state index contributed by atoms with van der Waals surface area (Å²) in [6, 6.07) is 5.78. The molecule has 0 aliphatic rings. The Bertz CT molecular complexity index is 482. The van der Waals surface area contributed by atoms with Crippen molar-refractivity contribution in [3.05, 3.63) is 41.7 Å². The van der Waals surface area contributed by atoms with E-state index in [1.807, 2.05) is 6.92 Å². The summed E-state index contributed by atoms with van der Waals surface area (Å²) in [6.07, 6.45) is 3.65. The fourth-order valence-corrected chi connectivity index (χ4v) is 1.68. The summed E-state index contributed by atoms with van der Waals surface area (Å²) in [5.74, 6) is -1.50. The quantitative estimate of drug-likeness (QED) is 0.780. The summed E-state index contributed by atoms with van der Waals surface area (Å²) in [5.41, 5.74) is 0.717. The minimum Gasteiger partial charge on any atom is -0.481 e. The molecule has 0 aliphatic carbocycles. The van der Waals surface area contributed by atoms with E-state index < -0.39 is 5.97 Å². The third kappa shape index (κ3) is 5.65. The molecule has 0 bridgehead atoms. The van der Waals surface area contributed by atoms with Gasteiger partial charge in [0, 0.05) is 19.2 Å². The van der Waals surface area contributed by atoms with Gasteiger partial charge in [-0.2, -0.15) is 0 Å². The summed E-state index contributed by atoms with van der Waals surface area (Å²) in [7, 11) is 0. The van der Waals surface area contributed by atoms with Crippen LogP contribution in [0.4, 0.5) is 4.39 Å². The van der Waals surface area contributed by atoms with Crippen molar-refractivity contribution in [2.75, 3.05) is 13.1 Å². The van der Waals surface area contributed by atoms with Gasteiger partial charge in [-0.25, -0.2) is 4.39 Å². The Balaban J connectivity index is 2.64. The van der Waals surface area contributed by atoms with Gasteiger partial charge in [0.25, 0.3) is 0 Å². The Hall–Kier alpha value is -2.17. The second-order valence-corrected chi connectivity index (χ2v) is 4.35. The van der Waals surface area contributed by atoms with Crippen LogP contribution in [0.15, 0.2) is 30.3 Å². The van der Waals surface area contributed by atoms with Crippen molar-refractivity contribution < 1.29 is 19.1 Å². The van der Waals surface area contributed by atoms with Gasteiger partial charge < -0.3 is 10.0 Å². The van der Waals surface area contributed by atoms with E-state index in [4.69, 9.17) is 5.11 Å². The molecular weight excluding hydrogens is 261 g/mol. The molecule has 1 aromatic carbocycles. The van der Waals surface area contributed by atoms with Gasteiger partial charge in [-0.3, -0.25) is 9.59 Å². The Morgan fingerprint density at radius 1 is 1.25 bits per heavy atom. The van der Waals surface area contributed by atoms with Crippen LogP contribution in [0.3, 0.4) is 0 Å². The van der Waals surface area contributed by atoms with E-state index in [9.17, 15) is 14.0 Å². The molecule has 0 aliphatic heterocycles. The smallest absolute Gasteiger partial charge is 0.305 e. The van der Waals surface area contributed by atoms with Crippen molar-refractivity contribution in [2.45, 2.75) is 19.8 Å². The minimum atomic E-state index is -0.929. The van der Waals surface area contributed by atoms with E-state index in [2.05, 4.69) is 0 Å². The summed E-state index contributed by atoms with van der Waals surface area (Å²) >= 11 is 0. The second kappa shape index (κ2) is 8.09. The monoisotopic (exact) mass is 279 g/mol. The fourth-order valence-electron chi connectivity index (χ4n) is 1.68. The number of carboxylic acids is 1. The molecule has 0 heterocycles. The molecule has 0 saturated heterocycles. The minimum absolute atomic E-state index is 0.0733. The average Bonchev–Trinajstić information content (AvgIpc) is 2.42. The summed E-state index contributed by atoms with van der Waals surface area (Å²) < 4.78 is 12.7. The fraction of sp³-hybridized carbons (Fsp3) is 0.333. The van der Waals surface area contributed by atoms with E-state index in [0.29, 0.717) is 6.54 Å². The highest BCUT2D eigenvalue weighted by atomic mass is 19.1. The van der Waals surface area contributed by atoms with Crippen LogP contribution >= 0.6 is 0 Å². The second-order valence-electron chi connectivity index (χ2n) is 4.35. The van der Waals surface area contributed by atoms with Gasteiger partial charge in [-0.05, 0) is 30.2 Å². The molecule has 1 amide bonds. The first-order chi connectivity index (χ1) is 9.52. The third-order valence-electron chi connectivity index (χ3n) is 2.69.